The molecule has 9 heteroatoms. The van der Waals surface area contributed by atoms with Gasteiger partial charge in [0.05, 0.1) is 21.3 Å². The minimum absolute atomic E-state index is 0.0827. The van der Waals surface area contributed by atoms with E-state index >= 15 is 0 Å². The molecule has 0 radical (unpaired) electrons. The lowest BCUT2D eigenvalue weighted by Gasteiger charge is -2.15. The number of nitrogens with zero attached hydrogens (tertiary/aromatic N) is 1. The van der Waals surface area contributed by atoms with E-state index in [2.05, 4.69) is 10.5 Å². The van der Waals surface area contributed by atoms with E-state index < -0.39 is 18.0 Å². The fourth-order valence-electron chi connectivity index (χ4n) is 2.49. The topological polar surface area (TPSA) is 109 Å². The summed E-state index contributed by atoms with van der Waals surface area (Å²) in [4.78, 5) is 24.1. The highest BCUT2D eigenvalue weighted by molar-refractivity contribution is 5.94. The minimum atomic E-state index is -0.968. The van der Waals surface area contributed by atoms with Gasteiger partial charge >= 0.3 is 5.97 Å². The van der Waals surface area contributed by atoms with E-state index in [1.54, 1.807) is 25.1 Å². The number of carbonyl (C=O) groups is 2. The highest BCUT2D eigenvalue weighted by atomic mass is 16.5. The summed E-state index contributed by atoms with van der Waals surface area (Å²) in [7, 11) is 4.56. The van der Waals surface area contributed by atoms with E-state index in [4.69, 9.17) is 23.5 Å². The number of aromatic nitrogens is 1. The van der Waals surface area contributed by atoms with Crippen molar-refractivity contribution in [2.24, 2.45) is 0 Å². The first kappa shape index (κ1) is 21.1. The lowest BCUT2D eigenvalue weighted by molar-refractivity contribution is -0.153. The quantitative estimate of drug-likeness (QED) is 0.649. The Labute approximate surface area is 162 Å². The Hall–Kier alpha value is -3.23. The molecule has 2 aromatic rings. The monoisotopic (exact) mass is 392 g/mol. The van der Waals surface area contributed by atoms with Crippen LogP contribution in [0.25, 0.3) is 0 Å². The Morgan fingerprint density at radius 1 is 1.11 bits per heavy atom. The molecule has 152 valence electrons. The van der Waals surface area contributed by atoms with Crippen LogP contribution in [0.3, 0.4) is 0 Å². The fourth-order valence-corrected chi connectivity index (χ4v) is 2.49. The standard InChI is InChI=1S/C19H24N2O7/c1-11-8-16(21-28-11)20-19(23)12(2)27-17(22)7-6-13-9-14(24-3)18(26-5)15(10-13)25-4/h8-10,12H,6-7H2,1-5H3,(H,20,21,23). The second-order valence-corrected chi connectivity index (χ2v) is 5.98. The second-order valence-electron chi connectivity index (χ2n) is 5.98. The summed E-state index contributed by atoms with van der Waals surface area (Å²) in [6.07, 6.45) is -0.504. The zero-order valence-electron chi connectivity index (χ0n) is 16.5. The SMILES string of the molecule is COc1cc(CCC(=O)OC(C)C(=O)Nc2cc(C)on2)cc(OC)c1OC. The van der Waals surface area contributed by atoms with Crippen LogP contribution >= 0.6 is 0 Å². The number of ether oxygens (including phenoxy) is 4. The van der Waals surface area contributed by atoms with E-state index in [0.29, 0.717) is 29.4 Å². The largest absolute Gasteiger partial charge is 0.493 e. The first-order valence-electron chi connectivity index (χ1n) is 8.60. The number of hydrogen-bond acceptors (Lipinski definition) is 8. The van der Waals surface area contributed by atoms with Crippen LogP contribution < -0.4 is 19.5 Å². The van der Waals surface area contributed by atoms with Gasteiger partial charge in [-0.3, -0.25) is 9.59 Å². The van der Waals surface area contributed by atoms with Gasteiger partial charge in [0.15, 0.2) is 23.4 Å². The fraction of sp³-hybridized carbons (Fsp3) is 0.421. The maximum Gasteiger partial charge on any atom is 0.306 e. The Kier molecular flexibility index (Phi) is 7.25. The van der Waals surface area contributed by atoms with Crippen molar-refractivity contribution in [3.05, 3.63) is 29.5 Å². The van der Waals surface area contributed by atoms with Crippen LogP contribution in [0.5, 0.6) is 17.2 Å². The number of rotatable bonds is 9. The Morgan fingerprint density at radius 3 is 2.25 bits per heavy atom. The normalized spacial score (nSPS) is 11.5. The lowest BCUT2D eigenvalue weighted by atomic mass is 10.1. The molecule has 9 nitrogen and oxygen atoms in total. The summed E-state index contributed by atoms with van der Waals surface area (Å²) in [6.45, 7) is 3.19. The maximum atomic E-state index is 12.1. The number of nitrogens with one attached hydrogen (secondary N) is 1. The maximum absolute atomic E-state index is 12.1. The molecule has 1 heterocycles. The molecule has 1 aromatic carbocycles. The molecule has 1 N–H and O–H groups in total. The Morgan fingerprint density at radius 2 is 1.75 bits per heavy atom. The summed E-state index contributed by atoms with van der Waals surface area (Å²) in [5.41, 5.74) is 0.807. The summed E-state index contributed by atoms with van der Waals surface area (Å²) in [6, 6.07) is 5.09. The van der Waals surface area contributed by atoms with Gasteiger partial charge in [-0.1, -0.05) is 5.16 Å². The molecule has 0 bridgehead atoms. The number of aryl methyl sites for hydroxylation is 2. The summed E-state index contributed by atoms with van der Waals surface area (Å²) < 4.78 is 25.9. The van der Waals surface area contributed by atoms with Gasteiger partial charge in [-0.2, -0.15) is 0 Å². The van der Waals surface area contributed by atoms with E-state index in [1.807, 2.05) is 0 Å². The highest BCUT2D eigenvalue weighted by Gasteiger charge is 2.20. The molecule has 0 saturated heterocycles. The molecular formula is C19H24N2O7. The molecule has 0 fully saturated rings. The van der Waals surface area contributed by atoms with Crippen LogP contribution in [0.4, 0.5) is 5.82 Å². The third-order valence-corrected chi connectivity index (χ3v) is 3.90. The number of hydrogen-bond donors (Lipinski definition) is 1. The van der Waals surface area contributed by atoms with Crippen molar-refractivity contribution in [3.63, 3.8) is 0 Å². The molecule has 1 atom stereocenters. The van der Waals surface area contributed by atoms with Crippen LogP contribution in [0, 0.1) is 6.92 Å². The first-order chi connectivity index (χ1) is 13.4. The lowest BCUT2D eigenvalue weighted by Crippen LogP contribution is -2.30. The van der Waals surface area contributed by atoms with Crippen molar-refractivity contribution < 1.29 is 33.1 Å². The predicted molar refractivity (Wildman–Crippen MR) is 99.8 cm³/mol. The number of anilines is 1. The van der Waals surface area contributed by atoms with E-state index in [-0.39, 0.29) is 12.2 Å². The number of amides is 1. The molecule has 2 rings (SSSR count). The van der Waals surface area contributed by atoms with Gasteiger partial charge in [0, 0.05) is 12.5 Å². The number of methoxy groups -OCH3 is 3. The summed E-state index contributed by atoms with van der Waals surface area (Å²) in [5, 5.41) is 6.18. The number of esters is 1. The van der Waals surface area contributed by atoms with Crippen LogP contribution in [0.15, 0.2) is 22.7 Å². The zero-order valence-corrected chi connectivity index (χ0v) is 16.5. The van der Waals surface area contributed by atoms with Crippen molar-refractivity contribution in [2.45, 2.75) is 32.8 Å². The average Bonchev–Trinajstić information content (AvgIpc) is 3.09. The predicted octanol–water partition coefficient (Wildman–Crippen LogP) is 2.51. The minimum Gasteiger partial charge on any atom is -0.493 e. The van der Waals surface area contributed by atoms with Crippen LogP contribution in [-0.4, -0.2) is 44.5 Å². The van der Waals surface area contributed by atoms with Crippen LogP contribution in [-0.2, 0) is 20.7 Å². The first-order valence-corrected chi connectivity index (χ1v) is 8.60. The van der Waals surface area contributed by atoms with Gasteiger partial charge in [0.2, 0.25) is 5.75 Å². The zero-order chi connectivity index (χ0) is 20.7. The second kappa shape index (κ2) is 9.63. The molecule has 0 aliphatic carbocycles. The molecule has 1 aromatic heterocycles. The van der Waals surface area contributed by atoms with E-state index in [0.717, 1.165) is 5.56 Å². The molecular weight excluding hydrogens is 368 g/mol. The van der Waals surface area contributed by atoms with Crippen LogP contribution in [0.2, 0.25) is 0 Å². The number of carbonyl (C=O) groups excluding carboxylic acids is 2. The van der Waals surface area contributed by atoms with Crippen molar-refractivity contribution in [3.8, 4) is 17.2 Å². The summed E-state index contributed by atoms with van der Waals surface area (Å²) in [5.74, 6) is 1.31. The van der Waals surface area contributed by atoms with Crippen molar-refractivity contribution in [1.29, 1.82) is 0 Å². The van der Waals surface area contributed by atoms with Gasteiger partial charge in [-0.05, 0) is 38.0 Å². The molecule has 0 aliphatic heterocycles. The molecule has 1 amide bonds. The van der Waals surface area contributed by atoms with Crippen LogP contribution in [0.1, 0.15) is 24.7 Å². The molecule has 28 heavy (non-hydrogen) atoms. The van der Waals surface area contributed by atoms with E-state index in [9.17, 15) is 9.59 Å². The third-order valence-electron chi connectivity index (χ3n) is 3.90. The molecule has 0 aliphatic rings. The van der Waals surface area contributed by atoms with Gasteiger partial charge in [-0.15, -0.1) is 0 Å². The third kappa shape index (κ3) is 5.38. The molecule has 0 spiro atoms. The number of benzene rings is 1. The smallest absolute Gasteiger partial charge is 0.306 e. The van der Waals surface area contributed by atoms with Gasteiger partial charge in [0.1, 0.15) is 5.76 Å². The Balaban J connectivity index is 1.91. The molecule has 0 saturated carbocycles. The van der Waals surface area contributed by atoms with Crippen molar-refractivity contribution in [1.82, 2.24) is 5.16 Å². The van der Waals surface area contributed by atoms with E-state index in [1.165, 1.54) is 28.3 Å². The van der Waals surface area contributed by atoms with Gasteiger partial charge < -0.3 is 28.8 Å². The van der Waals surface area contributed by atoms with Crippen molar-refractivity contribution >= 4 is 17.7 Å². The average molecular weight is 392 g/mol. The van der Waals surface area contributed by atoms with Crippen molar-refractivity contribution in [2.75, 3.05) is 26.6 Å². The summed E-state index contributed by atoms with van der Waals surface area (Å²) >= 11 is 0. The molecule has 1 unspecified atom stereocenters. The van der Waals surface area contributed by atoms with Gasteiger partial charge in [-0.25, -0.2) is 0 Å². The van der Waals surface area contributed by atoms with Gasteiger partial charge in [0.25, 0.3) is 5.91 Å². The highest BCUT2D eigenvalue weighted by Crippen LogP contribution is 2.38. The Bertz CT molecular complexity index is 806.